The van der Waals surface area contributed by atoms with Crippen molar-refractivity contribution in [3.63, 3.8) is 0 Å². The molecular weight excluding hydrogens is 298 g/mol. The highest BCUT2D eigenvalue weighted by Crippen LogP contribution is 2.34. The van der Waals surface area contributed by atoms with Gasteiger partial charge in [0.15, 0.2) is 5.75 Å². The van der Waals surface area contributed by atoms with Crippen molar-refractivity contribution < 1.29 is 19.1 Å². The smallest absolute Gasteiger partial charge is 0.311 e. The Hall–Kier alpha value is -3.02. The third-order valence-electron chi connectivity index (χ3n) is 3.42. The number of rotatable bonds is 6. The van der Waals surface area contributed by atoms with Crippen LogP contribution in [0.15, 0.2) is 43.0 Å². The Morgan fingerprint density at radius 3 is 2.04 bits per heavy atom. The topological polar surface area (TPSA) is 70.8 Å². The quantitative estimate of drug-likeness (QED) is 0.600. The molecule has 0 heterocycles. The van der Waals surface area contributed by atoms with Gasteiger partial charge in [0.05, 0.1) is 26.3 Å². The van der Waals surface area contributed by atoms with Crippen LogP contribution in [0.5, 0.6) is 17.2 Å². The van der Waals surface area contributed by atoms with Gasteiger partial charge in [0.25, 0.3) is 0 Å². The van der Waals surface area contributed by atoms with Crippen molar-refractivity contribution in [1.82, 2.24) is 0 Å². The molecule has 0 unspecified atom stereocenters. The highest BCUT2D eigenvalue weighted by molar-refractivity contribution is 5.81. The summed E-state index contributed by atoms with van der Waals surface area (Å²) in [7, 11) is 4.50. The Bertz CT molecular complexity index is 732. The molecule has 0 saturated carbocycles. The summed E-state index contributed by atoms with van der Waals surface area (Å²) in [6.07, 6.45) is 0. The van der Waals surface area contributed by atoms with Gasteiger partial charge < -0.3 is 14.2 Å². The first kappa shape index (κ1) is 16.4. The van der Waals surface area contributed by atoms with Crippen LogP contribution in [0, 0.1) is 10.1 Å². The predicted octanol–water partition coefficient (Wildman–Crippen LogP) is 3.68. The van der Waals surface area contributed by atoms with E-state index in [1.807, 2.05) is 0 Å². The zero-order valence-corrected chi connectivity index (χ0v) is 13.2. The summed E-state index contributed by atoms with van der Waals surface area (Å²) in [6, 6.07) is 10.0. The van der Waals surface area contributed by atoms with Crippen LogP contribution in [-0.4, -0.2) is 26.3 Å². The van der Waals surface area contributed by atoms with Crippen LogP contribution in [0.25, 0.3) is 5.57 Å². The minimum atomic E-state index is -0.484. The molecule has 0 aliphatic carbocycles. The molecule has 6 nitrogen and oxygen atoms in total. The maximum Gasteiger partial charge on any atom is 0.311 e. The molecule has 0 saturated heterocycles. The number of nitro groups is 1. The van der Waals surface area contributed by atoms with E-state index < -0.39 is 4.92 Å². The lowest BCUT2D eigenvalue weighted by atomic mass is 9.98. The lowest BCUT2D eigenvalue weighted by Gasteiger charge is -2.11. The summed E-state index contributed by atoms with van der Waals surface area (Å²) in [4.78, 5) is 10.7. The maximum atomic E-state index is 11.1. The van der Waals surface area contributed by atoms with Crippen LogP contribution < -0.4 is 14.2 Å². The van der Waals surface area contributed by atoms with Crippen LogP contribution >= 0.6 is 0 Å². The first-order chi connectivity index (χ1) is 11.0. The van der Waals surface area contributed by atoms with Gasteiger partial charge in [-0.3, -0.25) is 10.1 Å². The number of benzene rings is 2. The van der Waals surface area contributed by atoms with E-state index in [1.54, 1.807) is 44.6 Å². The van der Waals surface area contributed by atoms with Gasteiger partial charge in [0.1, 0.15) is 11.5 Å². The van der Waals surface area contributed by atoms with E-state index in [2.05, 4.69) is 6.58 Å². The summed E-state index contributed by atoms with van der Waals surface area (Å²) in [5.74, 6) is 1.43. The van der Waals surface area contributed by atoms with Gasteiger partial charge in [-0.25, -0.2) is 0 Å². The highest BCUT2D eigenvalue weighted by Gasteiger charge is 2.17. The fraction of sp³-hybridized carbons (Fsp3) is 0.176. The Morgan fingerprint density at radius 1 is 0.957 bits per heavy atom. The van der Waals surface area contributed by atoms with Crippen LogP contribution in [0.4, 0.5) is 5.69 Å². The predicted molar refractivity (Wildman–Crippen MR) is 87.3 cm³/mol. The molecule has 2 rings (SSSR count). The Morgan fingerprint density at radius 2 is 1.57 bits per heavy atom. The lowest BCUT2D eigenvalue weighted by molar-refractivity contribution is -0.385. The second-order valence-electron chi connectivity index (χ2n) is 4.72. The molecule has 6 heteroatoms. The summed E-state index contributed by atoms with van der Waals surface area (Å²) in [6.45, 7) is 4.03. The average Bonchev–Trinajstić information content (AvgIpc) is 2.59. The zero-order valence-electron chi connectivity index (χ0n) is 13.2. The molecular formula is C17H17NO5. The average molecular weight is 315 g/mol. The van der Waals surface area contributed by atoms with Crippen molar-refractivity contribution in [2.45, 2.75) is 0 Å². The molecule has 0 amide bonds. The number of methoxy groups -OCH3 is 3. The summed E-state index contributed by atoms with van der Waals surface area (Å²) in [5.41, 5.74) is 1.88. The Kier molecular flexibility index (Phi) is 4.85. The molecule has 0 spiro atoms. The van der Waals surface area contributed by atoms with Gasteiger partial charge in [0, 0.05) is 12.1 Å². The largest absolute Gasteiger partial charge is 0.497 e. The molecule has 0 aromatic heterocycles. The molecule has 0 fully saturated rings. The van der Waals surface area contributed by atoms with Gasteiger partial charge in [0.2, 0.25) is 0 Å². The van der Waals surface area contributed by atoms with Crippen LogP contribution in [-0.2, 0) is 0 Å². The number of nitro benzene ring substituents is 1. The van der Waals surface area contributed by atoms with Crippen molar-refractivity contribution in [3.8, 4) is 17.2 Å². The molecule has 120 valence electrons. The third kappa shape index (κ3) is 3.42. The van der Waals surface area contributed by atoms with Gasteiger partial charge >= 0.3 is 5.69 Å². The molecule has 2 aromatic carbocycles. The summed E-state index contributed by atoms with van der Waals surface area (Å²) >= 11 is 0. The minimum absolute atomic E-state index is 0.110. The first-order valence-electron chi connectivity index (χ1n) is 6.75. The van der Waals surface area contributed by atoms with E-state index in [0.29, 0.717) is 22.6 Å². The molecule has 0 N–H and O–H groups in total. The molecule has 0 bridgehead atoms. The second kappa shape index (κ2) is 6.83. The Balaban J connectivity index is 2.48. The van der Waals surface area contributed by atoms with Crippen molar-refractivity contribution in [2.75, 3.05) is 21.3 Å². The van der Waals surface area contributed by atoms with Crippen molar-refractivity contribution >= 4 is 11.3 Å². The normalized spacial score (nSPS) is 10.0. The Labute approximate surface area is 134 Å². The summed E-state index contributed by atoms with van der Waals surface area (Å²) in [5, 5.41) is 11.1. The van der Waals surface area contributed by atoms with Gasteiger partial charge in [-0.1, -0.05) is 12.6 Å². The molecule has 23 heavy (non-hydrogen) atoms. The van der Waals surface area contributed by atoms with E-state index in [-0.39, 0.29) is 11.4 Å². The SMILES string of the molecule is C=C(c1cc(OC)cc(OC)c1)c1ccc(OC)c([N+](=O)[O-])c1. The van der Waals surface area contributed by atoms with Crippen molar-refractivity contribution in [2.24, 2.45) is 0 Å². The van der Waals surface area contributed by atoms with E-state index in [4.69, 9.17) is 14.2 Å². The number of hydrogen-bond donors (Lipinski definition) is 0. The molecule has 0 aliphatic rings. The molecule has 0 aliphatic heterocycles. The van der Waals surface area contributed by atoms with Crippen LogP contribution in [0.3, 0.4) is 0 Å². The lowest BCUT2D eigenvalue weighted by Crippen LogP contribution is -1.96. The van der Waals surface area contributed by atoms with Gasteiger partial charge in [-0.05, 0) is 34.9 Å². The van der Waals surface area contributed by atoms with E-state index in [0.717, 1.165) is 5.56 Å². The van der Waals surface area contributed by atoms with E-state index in [1.165, 1.54) is 13.2 Å². The zero-order chi connectivity index (χ0) is 17.0. The van der Waals surface area contributed by atoms with Gasteiger partial charge in [-0.15, -0.1) is 0 Å². The third-order valence-corrected chi connectivity index (χ3v) is 3.42. The summed E-state index contributed by atoms with van der Waals surface area (Å²) < 4.78 is 15.5. The molecule has 0 radical (unpaired) electrons. The number of hydrogen-bond acceptors (Lipinski definition) is 5. The maximum absolute atomic E-state index is 11.1. The van der Waals surface area contributed by atoms with Crippen molar-refractivity contribution in [3.05, 3.63) is 64.2 Å². The van der Waals surface area contributed by atoms with Crippen molar-refractivity contribution in [1.29, 1.82) is 0 Å². The van der Waals surface area contributed by atoms with Crippen LogP contribution in [0.1, 0.15) is 11.1 Å². The van der Waals surface area contributed by atoms with E-state index >= 15 is 0 Å². The monoisotopic (exact) mass is 315 g/mol. The number of nitrogens with zero attached hydrogens (tertiary/aromatic N) is 1. The van der Waals surface area contributed by atoms with E-state index in [9.17, 15) is 10.1 Å². The fourth-order valence-electron chi connectivity index (χ4n) is 2.17. The highest BCUT2D eigenvalue weighted by atomic mass is 16.6. The second-order valence-corrected chi connectivity index (χ2v) is 4.72. The molecule has 0 atom stereocenters. The van der Waals surface area contributed by atoms with Crippen LogP contribution in [0.2, 0.25) is 0 Å². The minimum Gasteiger partial charge on any atom is -0.497 e. The molecule has 2 aromatic rings. The standard InChI is InChI=1S/C17H17NO5/c1-11(13-7-14(21-2)10-15(8-13)22-3)12-5-6-17(23-4)16(9-12)18(19)20/h5-10H,1H2,2-4H3. The fourth-order valence-corrected chi connectivity index (χ4v) is 2.17. The number of ether oxygens (including phenoxy) is 3. The van der Waals surface area contributed by atoms with Gasteiger partial charge in [-0.2, -0.15) is 0 Å². The first-order valence-corrected chi connectivity index (χ1v) is 6.75.